The van der Waals surface area contributed by atoms with Crippen molar-refractivity contribution >= 4 is 40.0 Å². The van der Waals surface area contributed by atoms with E-state index in [0.29, 0.717) is 42.7 Å². The highest BCUT2D eigenvalue weighted by Gasteiger charge is 2.50. The molecule has 0 atom stereocenters. The van der Waals surface area contributed by atoms with Gasteiger partial charge in [-0.25, -0.2) is 8.42 Å². The van der Waals surface area contributed by atoms with Crippen LogP contribution >= 0.6 is 24.0 Å². The third-order valence-electron chi connectivity index (χ3n) is 3.42. The minimum Gasteiger partial charge on any atom is -0.357 e. The Morgan fingerprint density at radius 1 is 1.33 bits per heavy atom. The van der Waals surface area contributed by atoms with E-state index in [9.17, 15) is 21.6 Å². The van der Waals surface area contributed by atoms with E-state index in [-0.39, 0.29) is 43.0 Å². The number of nitrogens with one attached hydrogen (secondary N) is 2. The fraction of sp³-hybridized carbons (Fsp3) is 0.769. The predicted octanol–water partition coefficient (Wildman–Crippen LogP) is 1.35. The van der Waals surface area contributed by atoms with Crippen molar-refractivity contribution in [3.05, 3.63) is 0 Å². The summed E-state index contributed by atoms with van der Waals surface area (Å²) in [4.78, 5) is 4.32. The maximum atomic E-state index is 12.5. The topological polar surface area (TPSA) is 73.8 Å². The molecule has 11 heteroatoms. The molecule has 0 amide bonds. The van der Waals surface area contributed by atoms with Crippen LogP contribution in [0.3, 0.4) is 0 Å². The number of nitrogens with zero attached hydrogens (tertiary/aromatic N) is 2. The van der Waals surface area contributed by atoms with Crippen LogP contribution in [-0.4, -0.2) is 56.9 Å². The highest BCUT2D eigenvalue weighted by atomic mass is 127. The van der Waals surface area contributed by atoms with E-state index in [1.165, 1.54) is 0 Å². The highest BCUT2D eigenvalue weighted by Crippen LogP contribution is 2.30. The minimum atomic E-state index is -5.24. The van der Waals surface area contributed by atoms with Gasteiger partial charge in [0.05, 0.1) is 6.54 Å². The lowest BCUT2D eigenvalue weighted by Gasteiger charge is -2.30. The summed E-state index contributed by atoms with van der Waals surface area (Å²) >= 11 is 0. The monoisotopic (exact) mass is 482 g/mol. The number of rotatable bonds is 5. The molecule has 1 rings (SSSR count). The molecule has 1 saturated heterocycles. The van der Waals surface area contributed by atoms with Crippen molar-refractivity contribution in [2.75, 3.05) is 32.7 Å². The first-order valence-electron chi connectivity index (χ1n) is 7.24. The van der Waals surface area contributed by atoms with Gasteiger partial charge in [0.2, 0.25) is 0 Å². The van der Waals surface area contributed by atoms with Crippen molar-refractivity contribution in [1.29, 1.82) is 0 Å². The Labute approximate surface area is 157 Å². The molecule has 1 aliphatic heterocycles. The van der Waals surface area contributed by atoms with Gasteiger partial charge < -0.3 is 10.6 Å². The Bertz CT molecular complexity index is 553. The standard InChI is InChI=1S/C13H21F3N4O2S.HI/c1-3-7-18-12(17-4-2)19-10-11-5-8-20(9-6-11)23(21,22)13(14,15)16;/h1,11H,4-10H2,2H3,(H2,17,18,19);1H. The summed E-state index contributed by atoms with van der Waals surface area (Å²) in [5.74, 6) is 2.99. The van der Waals surface area contributed by atoms with Crippen LogP contribution in [0.1, 0.15) is 19.8 Å². The third kappa shape index (κ3) is 6.64. The molecule has 0 aliphatic carbocycles. The molecule has 0 spiro atoms. The van der Waals surface area contributed by atoms with Gasteiger partial charge >= 0.3 is 15.5 Å². The number of hydrogen-bond acceptors (Lipinski definition) is 3. The molecular formula is C13H22F3IN4O2S. The first kappa shape index (κ1) is 23.3. The lowest BCUT2D eigenvalue weighted by atomic mass is 9.98. The Balaban J connectivity index is 0.00000529. The molecule has 2 N–H and O–H groups in total. The zero-order valence-electron chi connectivity index (χ0n) is 13.3. The van der Waals surface area contributed by atoms with Gasteiger partial charge in [0.25, 0.3) is 0 Å². The number of aliphatic imine (C=N–C) groups is 1. The van der Waals surface area contributed by atoms with Crippen LogP contribution in [0, 0.1) is 18.3 Å². The van der Waals surface area contributed by atoms with Gasteiger partial charge in [0.1, 0.15) is 0 Å². The lowest BCUT2D eigenvalue weighted by Crippen LogP contribution is -2.45. The number of sulfonamides is 1. The van der Waals surface area contributed by atoms with Crippen molar-refractivity contribution in [2.45, 2.75) is 25.3 Å². The highest BCUT2D eigenvalue weighted by molar-refractivity contribution is 14.0. The van der Waals surface area contributed by atoms with Gasteiger partial charge in [0.15, 0.2) is 5.96 Å². The maximum absolute atomic E-state index is 12.5. The second-order valence-corrected chi connectivity index (χ2v) is 7.00. The fourth-order valence-electron chi connectivity index (χ4n) is 2.18. The molecule has 0 bridgehead atoms. The number of alkyl halides is 3. The van der Waals surface area contributed by atoms with Gasteiger partial charge in [-0.1, -0.05) is 5.92 Å². The van der Waals surface area contributed by atoms with Crippen LogP contribution in [0.2, 0.25) is 0 Å². The second-order valence-electron chi connectivity index (χ2n) is 5.07. The van der Waals surface area contributed by atoms with Crippen molar-refractivity contribution in [3.63, 3.8) is 0 Å². The van der Waals surface area contributed by atoms with E-state index in [1.54, 1.807) is 0 Å². The second kappa shape index (κ2) is 10.3. The average molecular weight is 482 g/mol. The molecular weight excluding hydrogens is 460 g/mol. The number of hydrogen-bond donors (Lipinski definition) is 2. The molecule has 0 aromatic rings. The van der Waals surface area contributed by atoms with Crippen molar-refractivity contribution in [3.8, 4) is 12.3 Å². The van der Waals surface area contributed by atoms with Crippen molar-refractivity contribution in [2.24, 2.45) is 10.9 Å². The number of terminal acetylenes is 1. The molecule has 0 radical (unpaired) electrons. The molecule has 1 aliphatic rings. The first-order chi connectivity index (χ1) is 10.7. The first-order valence-corrected chi connectivity index (χ1v) is 8.68. The molecule has 6 nitrogen and oxygen atoms in total. The molecule has 1 fully saturated rings. The normalized spacial score (nSPS) is 17.7. The van der Waals surface area contributed by atoms with Crippen molar-refractivity contribution in [1.82, 2.24) is 14.9 Å². The van der Waals surface area contributed by atoms with E-state index in [1.807, 2.05) is 6.92 Å². The zero-order chi connectivity index (χ0) is 17.5. The van der Waals surface area contributed by atoms with Crippen LogP contribution in [0.25, 0.3) is 0 Å². The molecule has 1 heterocycles. The summed E-state index contributed by atoms with van der Waals surface area (Å²) in [6, 6.07) is 0. The fourth-order valence-corrected chi connectivity index (χ4v) is 3.16. The summed E-state index contributed by atoms with van der Waals surface area (Å²) in [5, 5.41) is 5.91. The number of guanidine groups is 1. The quantitative estimate of drug-likeness (QED) is 0.269. The zero-order valence-corrected chi connectivity index (χ0v) is 16.4. The van der Waals surface area contributed by atoms with Crippen molar-refractivity contribution < 1.29 is 21.6 Å². The predicted molar refractivity (Wildman–Crippen MR) is 97.5 cm³/mol. The van der Waals surface area contributed by atoms with Crippen LogP contribution in [0.15, 0.2) is 4.99 Å². The number of piperidine rings is 1. The minimum absolute atomic E-state index is 0. The summed E-state index contributed by atoms with van der Waals surface area (Å²) in [5.41, 5.74) is -5.24. The van der Waals surface area contributed by atoms with E-state index in [4.69, 9.17) is 6.42 Å². The van der Waals surface area contributed by atoms with Crippen LogP contribution in [0.5, 0.6) is 0 Å². The van der Waals surface area contributed by atoms with E-state index >= 15 is 0 Å². The summed E-state index contributed by atoms with van der Waals surface area (Å²) in [6.45, 7) is 2.98. The van der Waals surface area contributed by atoms with Crippen LogP contribution in [0.4, 0.5) is 13.2 Å². The summed E-state index contributed by atoms with van der Waals surface area (Å²) < 4.78 is 60.6. The largest absolute Gasteiger partial charge is 0.511 e. The molecule has 140 valence electrons. The molecule has 0 saturated carbocycles. The molecule has 0 unspecified atom stereocenters. The SMILES string of the molecule is C#CCNC(=NCC1CCN(S(=O)(=O)C(F)(F)F)CC1)NCC.I. The van der Waals surface area contributed by atoms with Gasteiger partial charge in [-0.05, 0) is 25.7 Å². The van der Waals surface area contributed by atoms with Crippen LogP contribution in [-0.2, 0) is 10.0 Å². The van der Waals surface area contributed by atoms with Gasteiger partial charge in [-0.15, -0.1) is 30.4 Å². The Hall–Kier alpha value is -0.740. The molecule has 24 heavy (non-hydrogen) atoms. The van der Waals surface area contributed by atoms with Gasteiger partial charge in [-0.3, -0.25) is 4.99 Å². The Kier molecular flexibility index (Phi) is 9.98. The van der Waals surface area contributed by atoms with Gasteiger partial charge in [-0.2, -0.15) is 17.5 Å². The van der Waals surface area contributed by atoms with Gasteiger partial charge in [0, 0.05) is 26.2 Å². The van der Waals surface area contributed by atoms with E-state index in [2.05, 4.69) is 21.5 Å². The lowest BCUT2D eigenvalue weighted by molar-refractivity contribution is -0.0496. The smallest absolute Gasteiger partial charge is 0.357 e. The molecule has 0 aromatic heterocycles. The Morgan fingerprint density at radius 2 is 1.92 bits per heavy atom. The summed E-state index contributed by atoms with van der Waals surface area (Å²) in [6.07, 6.45) is 5.83. The average Bonchev–Trinajstić information content (AvgIpc) is 2.49. The molecule has 0 aromatic carbocycles. The third-order valence-corrected chi connectivity index (χ3v) is 5.05. The van der Waals surface area contributed by atoms with E-state index in [0.717, 1.165) is 0 Å². The number of halogens is 4. The van der Waals surface area contributed by atoms with E-state index < -0.39 is 15.5 Å². The Morgan fingerprint density at radius 3 is 2.38 bits per heavy atom. The summed E-state index contributed by atoms with van der Waals surface area (Å²) in [7, 11) is -5.22. The maximum Gasteiger partial charge on any atom is 0.511 e. The van der Waals surface area contributed by atoms with Crippen LogP contribution < -0.4 is 10.6 Å².